The van der Waals surface area contributed by atoms with Gasteiger partial charge >= 0.3 is 0 Å². The minimum atomic E-state index is -0.766. The van der Waals surface area contributed by atoms with Crippen LogP contribution in [0.15, 0.2) is 59.4 Å². The monoisotopic (exact) mass is 381 g/mol. The molecule has 0 aliphatic heterocycles. The molecular weight excluding hydrogens is 362 g/mol. The summed E-state index contributed by atoms with van der Waals surface area (Å²) in [5.41, 5.74) is 4.02. The fourth-order valence-electron chi connectivity index (χ4n) is 2.75. The molecule has 0 saturated carbocycles. The molecule has 5 nitrogen and oxygen atoms in total. The van der Waals surface area contributed by atoms with E-state index >= 15 is 0 Å². The van der Waals surface area contributed by atoms with Crippen molar-refractivity contribution in [3.05, 3.63) is 81.1 Å². The van der Waals surface area contributed by atoms with E-state index < -0.39 is 6.04 Å². The first-order chi connectivity index (χ1) is 12.8. The highest BCUT2D eigenvalue weighted by atomic mass is 35.5. The number of aryl methyl sites for hydroxylation is 2. The van der Waals surface area contributed by atoms with Crippen LogP contribution < -0.4 is 10.9 Å². The number of carbonyl (C=O) groups is 1. The zero-order valence-electron chi connectivity index (χ0n) is 15.4. The molecule has 138 valence electrons. The number of halogens is 1. The summed E-state index contributed by atoms with van der Waals surface area (Å²) < 4.78 is 1.21. The quantitative estimate of drug-likeness (QED) is 0.729. The van der Waals surface area contributed by atoms with Gasteiger partial charge in [-0.25, -0.2) is 4.68 Å². The number of hydrogen-bond donors (Lipinski definition) is 1. The number of amides is 1. The van der Waals surface area contributed by atoms with Crippen molar-refractivity contribution in [2.45, 2.75) is 26.8 Å². The van der Waals surface area contributed by atoms with Gasteiger partial charge in [0.15, 0.2) is 0 Å². The number of aromatic nitrogens is 2. The maximum atomic E-state index is 12.6. The third-order valence-electron chi connectivity index (χ3n) is 4.35. The van der Waals surface area contributed by atoms with Gasteiger partial charge in [-0.15, -0.1) is 0 Å². The first-order valence-corrected chi connectivity index (χ1v) is 8.97. The second kappa shape index (κ2) is 7.76. The van der Waals surface area contributed by atoms with Crippen LogP contribution in [0.3, 0.4) is 0 Å². The third kappa shape index (κ3) is 4.26. The Hall–Kier alpha value is -2.92. The molecule has 0 aliphatic rings. The summed E-state index contributed by atoms with van der Waals surface area (Å²) in [4.78, 5) is 24.9. The molecule has 0 spiro atoms. The van der Waals surface area contributed by atoms with E-state index in [-0.39, 0.29) is 11.5 Å². The summed E-state index contributed by atoms with van der Waals surface area (Å²) in [6.45, 7) is 5.64. The molecule has 6 heteroatoms. The third-order valence-corrected chi connectivity index (χ3v) is 4.60. The van der Waals surface area contributed by atoms with Gasteiger partial charge in [-0.05, 0) is 62.7 Å². The smallest absolute Gasteiger partial charge is 0.267 e. The van der Waals surface area contributed by atoms with Crippen LogP contribution in [0.4, 0.5) is 5.69 Å². The van der Waals surface area contributed by atoms with Crippen molar-refractivity contribution >= 4 is 23.2 Å². The lowest BCUT2D eigenvalue weighted by Crippen LogP contribution is -2.33. The summed E-state index contributed by atoms with van der Waals surface area (Å²) >= 11 is 5.86. The molecule has 1 atom stereocenters. The van der Waals surface area contributed by atoms with Crippen LogP contribution in [0, 0.1) is 13.8 Å². The van der Waals surface area contributed by atoms with E-state index in [1.165, 1.54) is 10.7 Å². The largest absolute Gasteiger partial charge is 0.324 e. The number of nitrogens with one attached hydrogen (secondary N) is 1. The topological polar surface area (TPSA) is 64.0 Å². The summed E-state index contributed by atoms with van der Waals surface area (Å²) in [6, 6.07) is 15.2. The van der Waals surface area contributed by atoms with E-state index in [1.54, 1.807) is 37.3 Å². The number of rotatable bonds is 4. The van der Waals surface area contributed by atoms with E-state index in [0.717, 1.165) is 16.7 Å². The second-order valence-corrected chi connectivity index (χ2v) is 6.93. The minimum Gasteiger partial charge on any atom is -0.324 e. The SMILES string of the molecule is Cc1ccc(C)c(-c2ccc(=O)n([C@@H](C)C(=O)Nc3ccc(Cl)cc3)n2)c1. The average Bonchev–Trinajstić information content (AvgIpc) is 2.65. The lowest BCUT2D eigenvalue weighted by molar-refractivity contribution is -0.119. The molecule has 1 aromatic heterocycles. The minimum absolute atomic E-state index is 0.329. The average molecular weight is 382 g/mol. The van der Waals surface area contributed by atoms with Crippen LogP contribution >= 0.6 is 11.6 Å². The van der Waals surface area contributed by atoms with Crippen LogP contribution in [0.25, 0.3) is 11.3 Å². The molecule has 27 heavy (non-hydrogen) atoms. The Labute approximate surface area is 162 Å². The van der Waals surface area contributed by atoms with E-state index in [9.17, 15) is 9.59 Å². The highest BCUT2D eigenvalue weighted by molar-refractivity contribution is 6.30. The Morgan fingerprint density at radius 1 is 1.07 bits per heavy atom. The van der Waals surface area contributed by atoms with Crippen molar-refractivity contribution in [3.8, 4) is 11.3 Å². The molecule has 1 amide bonds. The Balaban J connectivity index is 1.91. The van der Waals surface area contributed by atoms with Crippen molar-refractivity contribution in [1.29, 1.82) is 0 Å². The molecule has 1 heterocycles. The number of benzene rings is 2. The normalized spacial score (nSPS) is 11.9. The molecule has 0 saturated heterocycles. The van der Waals surface area contributed by atoms with E-state index in [2.05, 4.69) is 10.4 Å². The van der Waals surface area contributed by atoms with Crippen molar-refractivity contribution in [2.24, 2.45) is 0 Å². The second-order valence-electron chi connectivity index (χ2n) is 6.49. The molecule has 0 aliphatic carbocycles. The van der Waals surface area contributed by atoms with Gasteiger partial charge in [0.1, 0.15) is 6.04 Å². The van der Waals surface area contributed by atoms with E-state index in [4.69, 9.17) is 11.6 Å². The lowest BCUT2D eigenvalue weighted by atomic mass is 10.0. The maximum absolute atomic E-state index is 12.6. The van der Waals surface area contributed by atoms with Gasteiger partial charge in [0, 0.05) is 22.3 Å². The van der Waals surface area contributed by atoms with Gasteiger partial charge in [-0.1, -0.05) is 29.3 Å². The van der Waals surface area contributed by atoms with Gasteiger partial charge < -0.3 is 5.32 Å². The molecule has 0 fully saturated rings. The molecular formula is C21H20ClN3O2. The molecule has 0 radical (unpaired) electrons. The van der Waals surface area contributed by atoms with Crippen LogP contribution in [0.1, 0.15) is 24.1 Å². The predicted octanol–water partition coefficient (Wildman–Crippen LogP) is 4.38. The summed E-state index contributed by atoms with van der Waals surface area (Å²) in [5, 5.41) is 7.80. The Kier molecular flexibility index (Phi) is 5.42. The lowest BCUT2D eigenvalue weighted by Gasteiger charge is -2.16. The predicted molar refractivity (Wildman–Crippen MR) is 108 cm³/mol. The highest BCUT2D eigenvalue weighted by Crippen LogP contribution is 2.22. The van der Waals surface area contributed by atoms with Crippen molar-refractivity contribution in [2.75, 3.05) is 5.32 Å². The van der Waals surface area contributed by atoms with Gasteiger partial charge in [0.05, 0.1) is 5.69 Å². The number of hydrogen-bond acceptors (Lipinski definition) is 3. The summed E-state index contributed by atoms with van der Waals surface area (Å²) in [6.07, 6.45) is 0. The molecule has 3 rings (SSSR count). The Bertz CT molecular complexity index is 1040. The first-order valence-electron chi connectivity index (χ1n) is 8.59. The molecule has 0 unspecified atom stereocenters. The number of nitrogens with zero attached hydrogens (tertiary/aromatic N) is 2. The Morgan fingerprint density at radius 3 is 2.48 bits per heavy atom. The number of carbonyl (C=O) groups excluding carboxylic acids is 1. The van der Waals surface area contributed by atoms with Gasteiger partial charge in [-0.2, -0.15) is 5.10 Å². The van der Waals surface area contributed by atoms with Crippen LogP contribution in [0.5, 0.6) is 0 Å². The zero-order valence-corrected chi connectivity index (χ0v) is 16.1. The van der Waals surface area contributed by atoms with Crippen molar-refractivity contribution in [3.63, 3.8) is 0 Å². The Morgan fingerprint density at radius 2 is 1.78 bits per heavy atom. The van der Waals surface area contributed by atoms with Crippen molar-refractivity contribution < 1.29 is 4.79 Å². The standard InChI is InChI=1S/C21H20ClN3O2/c1-13-4-5-14(2)18(12-13)19-10-11-20(26)25(24-19)15(3)21(27)23-17-8-6-16(22)7-9-17/h4-12,15H,1-3H3,(H,23,27)/t15-/m0/s1. The van der Waals surface area contributed by atoms with Crippen LogP contribution in [-0.4, -0.2) is 15.7 Å². The molecule has 0 bridgehead atoms. The van der Waals surface area contributed by atoms with E-state index in [0.29, 0.717) is 16.4 Å². The zero-order chi connectivity index (χ0) is 19.6. The summed E-state index contributed by atoms with van der Waals surface area (Å²) in [7, 11) is 0. The molecule has 3 aromatic rings. The summed E-state index contributed by atoms with van der Waals surface area (Å²) in [5.74, 6) is -0.329. The fraction of sp³-hybridized carbons (Fsp3) is 0.190. The van der Waals surface area contributed by atoms with E-state index in [1.807, 2.05) is 32.0 Å². The first kappa shape index (κ1) is 18.9. The maximum Gasteiger partial charge on any atom is 0.267 e. The van der Waals surface area contributed by atoms with Gasteiger partial charge in [0.25, 0.3) is 5.56 Å². The molecule has 1 N–H and O–H groups in total. The highest BCUT2D eigenvalue weighted by Gasteiger charge is 2.18. The van der Waals surface area contributed by atoms with Gasteiger partial charge in [0.2, 0.25) is 5.91 Å². The van der Waals surface area contributed by atoms with Crippen molar-refractivity contribution in [1.82, 2.24) is 9.78 Å². The fourth-order valence-corrected chi connectivity index (χ4v) is 2.88. The number of anilines is 1. The van der Waals surface area contributed by atoms with Crippen LogP contribution in [-0.2, 0) is 4.79 Å². The molecule has 2 aromatic carbocycles. The van der Waals surface area contributed by atoms with Gasteiger partial charge in [-0.3, -0.25) is 9.59 Å². The van der Waals surface area contributed by atoms with Crippen LogP contribution in [0.2, 0.25) is 5.02 Å².